The summed E-state index contributed by atoms with van der Waals surface area (Å²) in [7, 11) is 1.63. The molecule has 0 aliphatic rings. The summed E-state index contributed by atoms with van der Waals surface area (Å²) in [5, 5.41) is 5.97. The third kappa shape index (κ3) is 6.88. The number of urea groups is 1. The molecule has 0 aliphatic heterocycles. The topological polar surface area (TPSA) is 59.6 Å². The van der Waals surface area contributed by atoms with Gasteiger partial charge in [0.25, 0.3) is 0 Å². The van der Waals surface area contributed by atoms with Crippen LogP contribution in [0, 0.1) is 0 Å². The smallest absolute Gasteiger partial charge is 0.314 e. The second kappa shape index (κ2) is 9.47. The van der Waals surface area contributed by atoms with Crippen molar-refractivity contribution in [3.05, 3.63) is 29.3 Å². The van der Waals surface area contributed by atoms with Crippen molar-refractivity contribution in [3.8, 4) is 5.75 Å². The summed E-state index contributed by atoms with van der Waals surface area (Å²) in [5.41, 5.74) is 0. The predicted octanol–water partition coefficient (Wildman–Crippen LogP) is 2.05. The first-order chi connectivity index (χ1) is 9.24. The Morgan fingerprint density at radius 3 is 2.68 bits per heavy atom. The van der Waals surface area contributed by atoms with Gasteiger partial charge >= 0.3 is 6.03 Å². The van der Waals surface area contributed by atoms with Crippen LogP contribution in [0.1, 0.15) is 6.42 Å². The van der Waals surface area contributed by atoms with Crippen LogP contribution in [0.3, 0.4) is 0 Å². The van der Waals surface area contributed by atoms with Crippen molar-refractivity contribution in [1.82, 2.24) is 10.6 Å². The molecule has 106 valence electrons. The van der Waals surface area contributed by atoms with Crippen LogP contribution >= 0.6 is 11.6 Å². The number of benzene rings is 1. The Balaban J connectivity index is 2.07. The third-order valence-electron chi connectivity index (χ3n) is 2.29. The zero-order valence-corrected chi connectivity index (χ0v) is 11.7. The van der Waals surface area contributed by atoms with Gasteiger partial charge in [0.1, 0.15) is 12.4 Å². The number of rotatable bonds is 8. The van der Waals surface area contributed by atoms with E-state index in [1.54, 1.807) is 19.2 Å². The van der Waals surface area contributed by atoms with Gasteiger partial charge in [-0.25, -0.2) is 4.79 Å². The second-order valence-corrected chi connectivity index (χ2v) is 4.22. The first-order valence-corrected chi connectivity index (χ1v) is 6.50. The van der Waals surface area contributed by atoms with Gasteiger partial charge in [-0.05, 0) is 18.6 Å². The number of nitrogens with one attached hydrogen (secondary N) is 2. The summed E-state index contributed by atoms with van der Waals surface area (Å²) in [6.45, 7) is 2.01. The number of amides is 2. The molecular weight excluding hydrogens is 268 g/mol. The molecule has 0 bridgehead atoms. The standard InChI is InChI=1S/C13H19ClN2O3/c1-18-9-4-7-15-13(17)16-8-10-19-12-6-3-2-5-11(12)14/h2-3,5-6H,4,7-10H2,1H3,(H2,15,16,17). The van der Waals surface area contributed by atoms with Crippen molar-refractivity contribution >= 4 is 17.6 Å². The maximum atomic E-state index is 11.3. The minimum Gasteiger partial charge on any atom is -0.490 e. The van der Waals surface area contributed by atoms with E-state index in [0.717, 1.165) is 6.42 Å². The molecule has 0 saturated heterocycles. The first-order valence-electron chi connectivity index (χ1n) is 6.12. The van der Waals surface area contributed by atoms with Crippen molar-refractivity contribution in [2.75, 3.05) is 33.4 Å². The Labute approximate surface area is 118 Å². The van der Waals surface area contributed by atoms with Crippen molar-refractivity contribution in [2.24, 2.45) is 0 Å². The molecule has 0 radical (unpaired) electrons. The molecule has 0 aliphatic carbocycles. The quantitative estimate of drug-likeness (QED) is 0.719. The lowest BCUT2D eigenvalue weighted by Crippen LogP contribution is -2.38. The summed E-state index contributed by atoms with van der Waals surface area (Å²) in [4.78, 5) is 11.3. The third-order valence-corrected chi connectivity index (χ3v) is 2.60. The van der Waals surface area contributed by atoms with Crippen LogP contribution in [0.4, 0.5) is 4.79 Å². The van der Waals surface area contributed by atoms with E-state index in [4.69, 9.17) is 21.1 Å². The van der Waals surface area contributed by atoms with Crippen LogP contribution in [0.25, 0.3) is 0 Å². The van der Waals surface area contributed by atoms with Gasteiger partial charge in [-0.2, -0.15) is 0 Å². The van der Waals surface area contributed by atoms with Gasteiger partial charge in [0.05, 0.1) is 11.6 Å². The van der Waals surface area contributed by atoms with Gasteiger partial charge in [0, 0.05) is 20.3 Å². The van der Waals surface area contributed by atoms with Crippen molar-refractivity contribution < 1.29 is 14.3 Å². The van der Waals surface area contributed by atoms with Crippen LogP contribution in [0.5, 0.6) is 5.75 Å². The van der Waals surface area contributed by atoms with Crippen molar-refractivity contribution in [3.63, 3.8) is 0 Å². The van der Waals surface area contributed by atoms with E-state index in [0.29, 0.717) is 37.1 Å². The average Bonchev–Trinajstić information content (AvgIpc) is 2.41. The molecule has 0 aromatic heterocycles. The monoisotopic (exact) mass is 286 g/mol. The zero-order valence-electron chi connectivity index (χ0n) is 10.9. The Kier molecular flexibility index (Phi) is 7.77. The van der Waals surface area contributed by atoms with Crippen molar-refractivity contribution in [1.29, 1.82) is 0 Å². The first kappa shape index (κ1) is 15.6. The van der Waals surface area contributed by atoms with E-state index in [1.807, 2.05) is 12.1 Å². The Morgan fingerprint density at radius 2 is 1.95 bits per heavy atom. The van der Waals surface area contributed by atoms with Gasteiger partial charge in [0.15, 0.2) is 0 Å². The number of para-hydroxylation sites is 1. The fourth-order valence-corrected chi connectivity index (χ4v) is 1.56. The number of hydrogen-bond donors (Lipinski definition) is 2. The molecule has 1 rings (SSSR count). The molecule has 2 amide bonds. The van der Waals surface area contributed by atoms with Crippen LogP contribution in [0.2, 0.25) is 5.02 Å². The summed E-state index contributed by atoms with van der Waals surface area (Å²) >= 11 is 5.93. The van der Waals surface area contributed by atoms with Crippen LogP contribution in [-0.2, 0) is 4.74 Å². The summed E-state index contributed by atoms with van der Waals surface area (Å²) in [5.74, 6) is 0.617. The number of carbonyl (C=O) groups excluding carboxylic acids is 1. The average molecular weight is 287 g/mol. The van der Waals surface area contributed by atoms with Gasteiger partial charge in [-0.3, -0.25) is 0 Å². The number of methoxy groups -OCH3 is 1. The van der Waals surface area contributed by atoms with E-state index in [9.17, 15) is 4.79 Å². The Hall–Kier alpha value is -1.46. The minimum atomic E-state index is -0.209. The number of carbonyl (C=O) groups is 1. The maximum Gasteiger partial charge on any atom is 0.314 e. The van der Waals surface area contributed by atoms with Crippen LogP contribution in [0.15, 0.2) is 24.3 Å². The lowest BCUT2D eigenvalue weighted by Gasteiger charge is -2.09. The highest BCUT2D eigenvalue weighted by Crippen LogP contribution is 2.22. The van der Waals surface area contributed by atoms with Crippen LogP contribution < -0.4 is 15.4 Å². The van der Waals surface area contributed by atoms with E-state index in [1.165, 1.54) is 0 Å². The summed E-state index contributed by atoms with van der Waals surface area (Å²) in [6, 6.07) is 7.01. The summed E-state index contributed by atoms with van der Waals surface area (Å²) in [6.07, 6.45) is 0.792. The normalized spacial score (nSPS) is 10.0. The molecule has 19 heavy (non-hydrogen) atoms. The molecule has 5 nitrogen and oxygen atoms in total. The summed E-state index contributed by atoms with van der Waals surface area (Å²) < 4.78 is 10.3. The molecule has 0 unspecified atom stereocenters. The molecular formula is C13H19ClN2O3. The van der Waals surface area contributed by atoms with Gasteiger partial charge < -0.3 is 20.1 Å². The number of halogens is 1. The second-order valence-electron chi connectivity index (χ2n) is 3.81. The fourth-order valence-electron chi connectivity index (χ4n) is 1.37. The molecule has 0 atom stereocenters. The van der Waals surface area contributed by atoms with Gasteiger partial charge in [-0.15, -0.1) is 0 Å². The van der Waals surface area contributed by atoms with Crippen LogP contribution in [-0.4, -0.2) is 39.4 Å². The molecule has 0 saturated carbocycles. The highest BCUT2D eigenvalue weighted by Gasteiger charge is 2.01. The Morgan fingerprint density at radius 1 is 1.21 bits per heavy atom. The predicted molar refractivity (Wildman–Crippen MR) is 74.8 cm³/mol. The highest BCUT2D eigenvalue weighted by molar-refractivity contribution is 6.32. The minimum absolute atomic E-state index is 0.209. The number of hydrogen-bond acceptors (Lipinski definition) is 3. The van der Waals surface area contributed by atoms with Gasteiger partial charge in [-0.1, -0.05) is 23.7 Å². The maximum absolute atomic E-state index is 11.3. The highest BCUT2D eigenvalue weighted by atomic mass is 35.5. The zero-order chi connectivity index (χ0) is 13.9. The van der Waals surface area contributed by atoms with Crippen molar-refractivity contribution in [2.45, 2.75) is 6.42 Å². The lowest BCUT2D eigenvalue weighted by molar-refractivity contribution is 0.193. The van der Waals surface area contributed by atoms with E-state index in [2.05, 4.69) is 10.6 Å². The largest absolute Gasteiger partial charge is 0.490 e. The molecule has 2 N–H and O–H groups in total. The number of ether oxygens (including phenoxy) is 2. The molecule has 0 spiro atoms. The molecule has 0 heterocycles. The van der Waals surface area contributed by atoms with E-state index in [-0.39, 0.29) is 6.03 Å². The Bertz CT molecular complexity index is 388. The molecule has 1 aromatic rings. The molecule has 0 fully saturated rings. The molecule has 1 aromatic carbocycles. The van der Waals surface area contributed by atoms with E-state index < -0.39 is 0 Å². The fraction of sp³-hybridized carbons (Fsp3) is 0.462. The molecule has 6 heteroatoms. The lowest BCUT2D eigenvalue weighted by atomic mass is 10.3. The van der Waals surface area contributed by atoms with E-state index >= 15 is 0 Å². The van der Waals surface area contributed by atoms with Gasteiger partial charge in [0.2, 0.25) is 0 Å². The SMILES string of the molecule is COCCCNC(=O)NCCOc1ccccc1Cl.